The molecule has 0 spiro atoms. The molecular weight excluding hydrogens is 254 g/mol. The number of fused-ring (bicyclic) bond motifs is 1. The summed E-state index contributed by atoms with van der Waals surface area (Å²) in [5, 5.41) is 10.7. The van der Waals surface area contributed by atoms with Crippen molar-refractivity contribution >= 4 is 28.9 Å². The van der Waals surface area contributed by atoms with Crippen molar-refractivity contribution in [2.45, 2.75) is 0 Å². The van der Waals surface area contributed by atoms with E-state index in [2.05, 4.69) is 9.97 Å². The number of aromatic nitrogens is 2. The topological polar surface area (TPSA) is 71.8 Å². The third-order valence-corrected chi connectivity index (χ3v) is 2.93. The molecule has 20 heavy (non-hydrogen) atoms. The maximum Gasteiger partial charge on any atom is 0.271 e. The van der Waals surface area contributed by atoms with Gasteiger partial charge in [0.15, 0.2) is 0 Å². The van der Waals surface area contributed by atoms with E-state index in [0.29, 0.717) is 16.9 Å². The van der Waals surface area contributed by atoms with Crippen LogP contribution in [0, 0.1) is 10.1 Å². The highest BCUT2D eigenvalue weighted by Crippen LogP contribution is 2.19. The number of rotatable bonds is 3. The Bertz CT molecular complexity index is 791. The largest absolute Gasteiger partial charge is 0.338 e. The molecule has 0 atom stereocenters. The van der Waals surface area contributed by atoms with E-state index in [1.807, 2.05) is 42.5 Å². The average Bonchev–Trinajstić information content (AvgIpc) is 2.88. The van der Waals surface area contributed by atoms with Crippen LogP contribution in [0.5, 0.6) is 0 Å². The standard InChI is InChI=1S/C15H11N3O2/c19-18(20)12-7-8-13-14(10-12)17-15(16-13)9-6-11-4-2-1-3-5-11/h1-10H,(H,16,17)/b9-6-. The molecule has 0 aliphatic heterocycles. The Labute approximate surface area is 114 Å². The van der Waals surface area contributed by atoms with Gasteiger partial charge in [-0.05, 0) is 17.7 Å². The smallest absolute Gasteiger partial charge is 0.271 e. The highest BCUT2D eigenvalue weighted by atomic mass is 16.6. The van der Waals surface area contributed by atoms with Crippen LogP contribution < -0.4 is 0 Å². The molecule has 0 saturated carbocycles. The lowest BCUT2D eigenvalue weighted by Crippen LogP contribution is -1.86. The fourth-order valence-electron chi connectivity index (χ4n) is 1.95. The minimum Gasteiger partial charge on any atom is -0.338 e. The summed E-state index contributed by atoms with van der Waals surface area (Å²) in [5.41, 5.74) is 2.49. The van der Waals surface area contributed by atoms with E-state index in [9.17, 15) is 10.1 Å². The minimum absolute atomic E-state index is 0.0553. The van der Waals surface area contributed by atoms with Gasteiger partial charge < -0.3 is 4.98 Å². The van der Waals surface area contributed by atoms with Crippen LogP contribution in [0.2, 0.25) is 0 Å². The number of imidazole rings is 1. The van der Waals surface area contributed by atoms with Crippen molar-refractivity contribution in [2.24, 2.45) is 0 Å². The molecule has 3 rings (SSSR count). The predicted octanol–water partition coefficient (Wildman–Crippen LogP) is 3.64. The van der Waals surface area contributed by atoms with Crippen LogP contribution in [-0.2, 0) is 0 Å². The molecule has 1 heterocycles. The zero-order valence-corrected chi connectivity index (χ0v) is 10.5. The van der Waals surface area contributed by atoms with E-state index >= 15 is 0 Å². The highest BCUT2D eigenvalue weighted by molar-refractivity contribution is 5.80. The highest BCUT2D eigenvalue weighted by Gasteiger charge is 2.08. The second-order valence-electron chi connectivity index (χ2n) is 4.32. The number of nitrogens with zero attached hydrogens (tertiary/aromatic N) is 2. The lowest BCUT2D eigenvalue weighted by Gasteiger charge is -1.90. The van der Waals surface area contributed by atoms with Crippen LogP contribution in [-0.4, -0.2) is 14.9 Å². The van der Waals surface area contributed by atoms with Crippen LogP contribution in [0.1, 0.15) is 11.4 Å². The van der Waals surface area contributed by atoms with E-state index in [-0.39, 0.29) is 5.69 Å². The molecule has 1 N–H and O–H groups in total. The summed E-state index contributed by atoms with van der Waals surface area (Å²) >= 11 is 0. The molecule has 1 aromatic heterocycles. The van der Waals surface area contributed by atoms with Crippen molar-refractivity contribution in [3.8, 4) is 0 Å². The molecule has 0 unspecified atom stereocenters. The van der Waals surface area contributed by atoms with Crippen molar-refractivity contribution in [2.75, 3.05) is 0 Å². The normalized spacial score (nSPS) is 11.2. The summed E-state index contributed by atoms with van der Waals surface area (Å²) in [7, 11) is 0. The van der Waals surface area contributed by atoms with E-state index in [1.165, 1.54) is 12.1 Å². The first-order chi connectivity index (χ1) is 9.72. The van der Waals surface area contributed by atoms with Gasteiger partial charge in [-0.1, -0.05) is 36.4 Å². The van der Waals surface area contributed by atoms with Crippen molar-refractivity contribution in [1.82, 2.24) is 9.97 Å². The summed E-state index contributed by atoms with van der Waals surface area (Å²) in [6.45, 7) is 0. The lowest BCUT2D eigenvalue weighted by atomic mass is 10.2. The lowest BCUT2D eigenvalue weighted by molar-refractivity contribution is -0.384. The van der Waals surface area contributed by atoms with E-state index < -0.39 is 4.92 Å². The molecule has 98 valence electrons. The zero-order valence-electron chi connectivity index (χ0n) is 10.5. The summed E-state index contributed by atoms with van der Waals surface area (Å²) in [4.78, 5) is 17.7. The second-order valence-corrected chi connectivity index (χ2v) is 4.32. The van der Waals surface area contributed by atoms with Gasteiger partial charge >= 0.3 is 0 Å². The van der Waals surface area contributed by atoms with Gasteiger partial charge in [0.2, 0.25) is 0 Å². The van der Waals surface area contributed by atoms with Gasteiger partial charge in [0, 0.05) is 12.1 Å². The Balaban J connectivity index is 1.93. The summed E-state index contributed by atoms with van der Waals surface area (Å²) in [5.74, 6) is 0.671. The SMILES string of the molecule is O=[N+]([O-])c1ccc2nc(/C=C\c3ccccc3)[nH]c2c1. The molecule has 5 heteroatoms. The van der Waals surface area contributed by atoms with Crippen molar-refractivity contribution in [1.29, 1.82) is 0 Å². The van der Waals surface area contributed by atoms with Crippen LogP contribution in [0.4, 0.5) is 5.69 Å². The van der Waals surface area contributed by atoms with Crippen LogP contribution in [0.25, 0.3) is 23.2 Å². The number of hydrogen-bond donors (Lipinski definition) is 1. The molecule has 0 aliphatic rings. The number of aromatic amines is 1. The number of hydrogen-bond acceptors (Lipinski definition) is 3. The maximum absolute atomic E-state index is 10.7. The van der Waals surface area contributed by atoms with E-state index in [4.69, 9.17) is 0 Å². The summed E-state index contributed by atoms with van der Waals surface area (Å²) < 4.78 is 0. The van der Waals surface area contributed by atoms with Gasteiger partial charge in [0.1, 0.15) is 5.82 Å². The number of benzene rings is 2. The first kappa shape index (κ1) is 12.1. The molecule has 0 saturated heterocycles. The van der Waals surface area contributed by atoms with Gasteiger partial charge in [-0.2, -0.15) is 0 Å². The van der Waals surface area contributed by atoms with Crippen molar-refractivity contribution in [3.05, 3.63) is 70.0 Å². The monoisotopic (exact) mass is 265 g/mol. The number of H-pyrrole nitrogens is 1. The number of nitro benzene ring substituents is 1. The fourth-order valence-corrected chi connectivity index (χ4v) is 1.95. The summed E-state index contributed by atoms with van der Waals surface area (Å²) in [6, 6.07) is 14.4. The molecule has 0 radical (unpaired) electrons. The molecule has 2 aromatic carbocycles. The average molecular weight is 265 g/mol. The first-order valence-corrected chi connectivity index (χ1v) is 6.10. The third kappa shape index (κ3) is 2.42. The van der Waals surface area contributed by atoms with Gasteiger partial charge in [0.25, 0.3) is 5.69 Å². The Morgan fingerprint density at radius 2 is 1.90 bits per heavy atom. The Kier molecular flexibility index (Phi) is 3.01. The first-order valence-electron chi connectivity index (χ1n) is 6.10. The molecule has 0 amide bonds. The van der Waals surface area contributed by atoms with Crippen LogP contribution in [0.3, 0.4) is 0 Å². The van der Waals surface area contributed by atoms with Crippen LogP contribution >= 0.6 is 0 Å². The molecular formula is C15H11N3O2. The number of nitrogens with one attached hydrogen (secondary N) is 1. The molecule has 0 aliphatic carbocycles. The third-order valence-electron chi connectivity index (χ3n) is 2.93. The fraction of sp³-hybridized carbons (Fsp3) is 0. The van der Waals surface area contributed by atoms with Gasteiger partial charge in [-0.15, -0.1) is 0 Å². The minimum atomic E-state index is -0.417. The van der Waals surface area contributed by atoms with Crippen LogP contribution in [0.15, 0.2) is 48.5 Å². The van der Waals surface area contributed by atoms with Gasteiger partial charge in [-0.3, -0.25) is 10.1 Å². The van der Waals surface area contributed by atoms with Crippen molar-refractivity contribution < 1.29 is 4.92 Å². The molecule has 0 fully saturated rings. The van der Waals surface area contributed by atoms with E-state index in [1.54, 1.807) is 6.07 Å². The Morgan fingerprint density at radius 1 is 1.10 bits per heavy atom. The van der Waals surface area contributed by atoms with Crippen molar-refractivity contribution in [3.63, 3.8) is 0 Å². The van der Waals surface area contributed by atoms with E-state index in [0.717, 1.165) is 5.56 Å². The predicted molar refractivity (Wildman–Crippen MR) is 78.1 cm³/mol. The number of nitro groups is 1. The zero-order chi connectivity index (χ0) is 13.9. The van der Waals surface area contributed by atoms with Gasteiger partial charge in [0.05, 0.1) is 16.0 Å². The maximum atomic E-state index is 10.7. The Hall–Kier alpha value is -2.95. The second kappa shape index (κ2) is 4.97. The summed E-state index contributed by atoms with van der Waals surface area (Å²) in [6.07, 6.45) is 3.79. The quantitative estimate of drug-likeness (QED) is 0.580. The molecule has 5 nitrogen and oxygen atoms in total. The Morgan fingerprint density at radius 3 is 2.65 bits per heavy atom. The molecule has 3 aromatic rings. The van der Waals surface area contributed by atoms with Gasteiger partial charge in [-0.25, -0.2) is 4.98 Å². The molecule has 0 bridgehead atoms. The number of non-ortho nitro benzene ring substituents is 1.